The first kappa shape index (κ1) is 12.4. The molecule has 0 radical (unpaired) electrons. The van der Waals surface area contributed by atoms with E-state index >= 15 is 0 Å². The van der Waals surface area contributed by atoms with Crippen molar-refractivity contribution in [3.8, 4) is 0 Å². The normalized spacial score (nSPS) is 10.3. The van der Waals surface area contributed by atoms with E-state index in [0.29, 0.717) is 0 Å². The Kier molecular flexibility index (Phi) is 8.23. The fourth-order valence-corrected chi connectivity index (χ4v) is 11.0. The van der Waals surface area contributed by atoms with Gasteiger partial charge in [-0.2, -0.15) is 0 Å². The average molecular weight is 221 g/mol. The molecule has 1 heteroatoms. The van der Waals surface area contributed by atoms with Gasteiger partial charge < -0.3 is 0 Å². The van der Waals surface area contributed by atoms with Crippen LogP contribution in [0.25, 0.3) is 0 Å². The molecule has 0 unspecified atom stereocenters. The molecule has 0 saturated carbocycles. The summed E-state index contributed by atoms with van der Waals surface area (Å²) in [6, 6.07) is 0. The van der Waals surface area contributed by atoms with Gasteiger partial charge in [0.2, 0.25) is 0 Å². The van der Waals surface area contributed by atoms with Crippen molar-refractivity contribution >= 4 is 0 Å². The van der Waals surface area contributed by atoms with Gasteiger partial charge in [-0.1, -0.05) is 0 Å². The van der Waals surface area contributed by atoms with Crippen LogP contribution in [0.1, 0.15) is 33.6 Å². The Hall–Kier alpha value is 0.363. The van der Waals surface area contributed by atoms with Gasteiger partial charge in [-0.25, -0.2) is 0 Å². The molecule has 0 aliphatic heterocycles. The van der Waals surface area contributed by atoms with Crippen molar-refractivity contribution in [2.75, 3.05) is 0 Å². The van der Waals surface area contributed by atoms with Gasteiger partial charge in [-0.3, -0.25) is 0 Å². The van der Waals surface area contributed by atoms with Crippen molar-refractivity contribution in [2.24, 2.45) is 5.92 Å². The van der Waals surface area contributed by atoms with Crippen molar-refractivity contribution < 1.29 is 16.0 Å². The van der Waals surface area contributed by atoms with Gasteiger partial charge in [0, 0.05) is 0 Å². The molecule has 0 N–H and O–H groups in total. The summed E-state index contributed by atoms with van der Waals surface area (Å²) in [5.41, 5.74) is 0. The van der Waals surface area contributed by atoms with Crippen LogP contribution in [-0.2, 0) is 16.0 Å². The van der Waals surface area contributed by atoms with Crippen LogP contribution in [0.2, 0.25) is 15.0 Å². The first-order chi connectivity index (χ1) is 5.70. The van der Waals surface area contributed by atoms with Crippen molar-refractivity contribution in [2.45, 2.75) is 48.7 Å². The second-order valence-electron chi connectivity index (χ2n) is 4.53. The summed E-state index contributed by atoms with van der Waals surface area (Å²) in [7, 11) is 0. The van der Waals surface area contributed by atoms with Crippen LogP contribution in [0.3, 0.4) is 0 Å². The van der Waals surface area contributed by atoms with Crippen LogP contribution in [0.15, 0.2) is 12.7 Å². The number of allylic oxidation sites excluding steroid dienone is 1. The average Bonchev–Trinajstić information content (AvgIpc) is 2.00. The summed E-state index contributed by atoms with van der Waals surface area (Å²) in [4.78, 5) is 0. The summed E-state index contributed by atoms with van der Waals surface area (Å²) < 4.78 is 0. The monoisotopic (exact) mass is 219 g/mol. The number of hydrogen-bond donors (Lipinski definition) is 0. The van der Waals surface area contributed by atoms with Crippen molar-refractivity contribution in [3.05, 3.63) is 12.7 Å². The van der Waals surface area contributed by atoms with Gasteiger partial charge in [0.1, 0.15) is 0 Å². The van der Waals surface area contributed by atoms with E-state index in [9.17, 15) is 0 Å². The zero-order chi connectivity index (χ0) is 9.40. The fourth-order valence-electron chi connectivity index (χ4n) is 2.12. The van der Waals surface area contributed by atoms with Gasteiger partial charge in [-0.15, -0.1) is 0 Å². The predicted octanol–water partition coefficient (Wildman–Crippen LogP) is 4.50. The number of hydrogen-bond acceptors (Lipinski definition) is 0. The van der Waals surface area contributed by atoms with Crippen LogP contribution in [0.5, 0.6) is 0 Å². The Morgan fingerprint density at radius 3 is 2.50 bits per heavy atom. The van der Waals surface area contributed by atoms with Gasteiger partial charge in [-0.05, 0) is 0 Å². The topological polar surface area (TPSA) is 0 Å². The number of rotatable bonds is 7. The van der Waals surface area contributed by atoms with Crippen molar-refractivity contribution in [1.29, 1.82) is 0 Å². The molecule has 0 aromatic rings. The van der Waals surface area contributed by atoms with E-state index in [1.54, 1.807) is 10.0 Å². The fraction of sp³-hybridized carbons (Fsp3) is 0.818. The van der Waals surface area contributed by atoms with E-state index < -0.39 is 16.0 Å². The van der Waals surface area contributed by atoms with Gasteiger partial charge >= 0.3 is 83.2 Å². The maximum atomic E-state index is 3.87. The zero-order valence-electron chi connectivity index (χ0n) is 9.10. The van der Waals surface area contributed by atoms with Crippen LogP contribution in [-0.4, -0.2) is 0 Å². The molecule has 0 fully saturated rings. The molecule has 0 rings (SSSR count). The molecule has 0 bridgehead atoms. The zero-order valence-corrected chi connectivity index (χ0v) is 12.1. The molecule has 69 valence electrons. The molecule has 12 heavy (non-hydrogen) atoms. The third-order valence-corrected chi connectivity index (χ3v) is 12.6. The van der Waals surface area contributed by atoms with Gasteiger partial charge in [0.15, 0.2) is 0 Å². The standard InChI is InChI=1S/2C4H9.C3H5.Zn/c1-4(2)3;1-3-4-2;1-3-2;/h4H,1H2,2-3H3;1,3-4H2,2H3;3H,1-2H2;. The van der Waals surface area contributed by atoms with Crippen LogP contribution >= 0.6 is 0 Å². The maximum absolute atomic E-state index is 3.87. The third-order valence-electron chi connectivity index (χ3n) is 2.70. The second kappa shape index (κ2) is 7.98. The van der Waals surface area contributed by atoms with Crippen LogP contribution < -0.4 is 0 Å². The first-order valence-corrected chi connectivity index (χ1v) is 11.9. The molecular formula is C11H23Zn. The molecule has 0 amide bonds. The van der Waals surface area contributed by atoms with E-state index in [2.05, 4.69) is 33.4 Å². The van der Waals surface area contributed by atoms with E-state index in [4.69, 9.17) is 0 Å². The van der Waals surface area contributed by atoms with E-state index in [1.165, 1.54) is 17.9 Å². The van der Waals surface area contributed by atoms with Gasteiger partial charge in [0.25, 0.3) is 0 Å². The van der Waals surface area contributed by atoms with E-state index in [1.807, 2.05) is 0 Å². The SMILES string of the molecule is C=C[CH2][Zn]([CH2]CCC)[CH2]C(C)C. The van der Waals surface area contributed by atoms with E-state index in [0.717, 1.165) is 5.92 Å². The molecule has 0 atom stereocenters. The Bertz CT molecular complexity index is 108. The quantitative estimate of drug-likeness (QED) is 0.438. The summed E-state index contributed by atoms with van der Waals surface area (Å²) in [5.74, 6) is 0.932. The third kappa shape index (κ3) is 7.04. The van der Waals surface area contributed by atoms with E-state index in [-0.39, 0.29) is 0 Å². The Balaban J connectivity index is 3.61. The molecule has 0 aliphatic carbocycles. The minimum atomic E-state index is -1.09. The number of unbranched alkanes of at least 4 members (excludes halogenated alkanes) is 1. The van der Waals surface area contributed by atoms with Crippen LogP contribution in [0.4, 0.5) is 0 Å². The van der Waals surface area contributed by atoms with Crippen LogP contribution in [0, 0.1) is 5.92 Å². The summed E-state index contributed by atoms with van der Waals surface area (Å²) in [6.07, 6.45) is 5.01. The summed E-state index contributed by atoms with van der Waals surface area (Å²) in [5, 5.41) is 4.59. The van der Waals surface area contributed by atoms with Gasteiger partial charge in [0.05, 0.1) is 0 Å². The molecule has 0 aliphatic rings. The molecule has 0 aromatic carbocycles. The molecular weight excluding hydrogens is 198 g/mol. The predicted molar refractivity (Wildman–Crippen MR) is 54.4 cm³/mol. The van der Waals surface area contributed by atoms with Crippen molar-refractivity contribution in [1.82, 2.24) is 0 Å². The molecule has 0 saturated heterocycles. The molecule has 0 nitrogen and oxygen atoms in total. The Morgan fingerprint density at radius 1 is 1.42 bits per heavy atom. The first-order valence-electron chi connectivity index (χ1n) is 5.59. The molecule has 0 spiro atoms. The van der Waals surface area contributed by atoms with Crippen molar-refractivity contribution in [3.63, 3.8) is 0 Å². The summed E-state index contributed by atoms with van der Waals surface area (Å²) >= 11 is -1.09. The molecule has 0 aromatic heterocycles. The Morgan fingerprint density at radius 2 is 2.08 bits per heavy atom. The minimum absolute atomic E-state index is 0.932. The second-order valence-corrected chi connectivity index (χ2v) is 12.9. The Labute approximate surface area is 83.3 Å². The summed E-state index contributed by atoms with van der Waals surface area (Å²) in [6.45, 7) is 10.9. The molecule has 0 heterocycles.